The number of carboxylic acid groups (broad SMARTS) is 1. The zero-order chi connectivity index (χ0) is 15.2. The van der Waals surface area contributed by atoms with E-state index in [1.807, 2.05) is 30.3 Å². The van der Waals surface area contributed by atoms with Gasteiger partial charge in [0, 0.05) is 4.88 Å². The maximum absolute atomic E-state index is 12.1. The molecule has 2 rings (SSSR count). The fourth-order valence-corrected chi connectivity index (χ4v) is 2.69. The number of rotatable bonds is 6. The fourth-order valence-electron chi connectivity index (χ4n) is 1.92. The number of nitrogens with two attached hydrogens (primary N) is 1. The van der Waals surface area contributed by atoms with Crippen molar-refractivity contribution in [3.05, 3.63) is 58.3 Å². The third-order valence-electron chi connectivity index (χ3n) is 3.00. The van der Waals surface area contributed by atoms with Gasteiger partial charge in [-0.05, 0) is 23.4 Å². The minimum atomic E-state index is -1.10. The van der Waals surface area contributed by atoms with E-state index in [0.29, 0.717) is 11.3 Å². The third kappa shape index (κ3) is 4.14. The van der Waals surface area contributed by atoms with Crippen molar-refractivity contribution in [3.63, 3.8) is 0 Å². The summed E-state index contributed by atoms with van der Waals surface area (Å²) in [5, 5.41) is 13.5. The molecule has 0 bridgehead atoms. The average molecular weight is 304 g/mol. The highest BCUT2D eigenvalue weighted by molar-refractivity contribution is 7.10. The zero-order valence-electron chi connectivity index (χ0n) is 11.2. The first-order valence-corrected chi connectivity index (χ1v) is 7.32. The number of carbonyl (C=O) groups is 2. The first-order chi connectivity index (χ1) is 10.1. The summed E-state index contributed by atoms with van der Waals surface area (Å²) in [6, 6.07) is 10.9. The highest BCUT2D eigenvalue weighted by Crippen LogP contribution is 2.19. The molecule has 0 saturated carbocycles. The van der Waals surface area contributed by atoms with Gasteiger partial charge >= 0.3 is 5.97 Å². The minimum Gasteiger partial charge on any atom is -0.479 e. The lowest BCUT2D eigenvalue weighted by Gasteiger charge is -2.17. The van der Waals surface area contributed by atoms with Crippen LogP contribution in [-0.2, 0) is 16.0 Å². The first-order valence-electron chi connectivity index (χ1n) is 6.44. The summed E-state index contributed by atoms with van der Waals surface area (Å²) in [4.78, 5) is 23.9. The van der Waals surface area contributed by atoms with Crippen LogP contribution in [0, 0.1) is 0 Å². The van der Waals surface area contributed by atoms with Crippen molar-refractivity contribution in [1.29, 1.82) is 0 Å². The lowest BCUT2D eigenvalue weighted by Crippen LogP contribution is -2.45. The van der Waals surface area contributed by atoms with E-state index in [-0.39, 0.29) is 0 Å². The van der Waals surface area contributed by atoms with Crippen molar-refractivity contribution >= 4 is 23.2 Å². The van der Waals surface area contributed by atoms with Crippen LogP contribution >= 0.6 is 11.3 Å². The number of thiophene rings is 1. The van der Waals surface area contributed by atoms with Crippen molar-refractivity contribution in [2.75, 3.05) is 0 Å². The lowest BCUT2D eigenvalue weighted by molar-refractivity contribution is -0.142. The van der Waals surface area contributed by atoms with Crippen molar-refractivity contribution in [3.8, 4) is 0 Å². The summed E-state index contributed by atoms with van der Waals surface area (Å²) < 4.78 is 0. The zero-order valence-corrected chi connectivity index (χ0v) is 12.0. The van der Waals surface area contributed by atoms with Crippen molar-refractivity contribution in [2.24, 2.45) is 5.73 Å². The molecule has 0 saturated heterocycles. The summed E-state index contributed by atoms with van der Waals surface area (Å²) in [7, 11) is 0. The summed E-state index contributed by atoms with van der Waals surface area (Å²) in [6.45, 7) is 0. The molecule has 0 aliphatic rings. The van der Waals surface area contributed by atoms with Crippen LogP contribution in [0.25, 0.3) is 0 Å². The van der Waals surface area contributed by atoms with Gasteiger partial charge in [-0.1, -0.05) is 36.4 Å². The molecule has 1 unspecified atom stereocenters. The maximum Gasteiger partial charge on any atom is 0.331 e. The Bertz CT molecular complexity index is 599. The molecule has 21 heavy (non-hydrogen) atoms. The van der Waals surface area contributed by atoms with Gasteiger partial charge in [0.25, 0.3) is 0 Å². The molecule has 0 fully saturated rings. The van der Waals surface area contributed by atoms with Crippen LogP contribution in [0.3, 0.4) is 0 Å². The van der Waals surface area contributed by atoms with Gasteiger partial charge in [-0.3, -0.25) is 4.79 Å². The number of hydrogen-bond acceptors (Lipinski definition) is 4. The number of carboxylic acids is 1. The Hall–Kier alpha value is -2.18. The standard InChI is InChI=1S/C15H16N2O3S/c16-11(9-10-5-2-1-3-6-10)14(18)17-13(15(19)20)12-7-4-8-21-12/h1-8,11,13H,9,16H2,(H,17,18)(H,19,20)/t11-,13?/m0/s1. The van der Waals surface area contributed by atoms with Crippen LogP contribution in [0.15, 0.2) is 47.8 Å². The predicted molar refractivity (Wildman–Crippen MR) is 81.0 cm³/mol. The fraction of sp³-hybridized carbons (Fsp3) is 0.200. The molecule has 0 spiro atoms. The molecule has 0 aliphatic heterocycles. The summed E-state index contributed by atoms with van der Waals surface area (Å²) in [5.41, 5.74) is 6.78. The second kappa shape index (κ2) is 7.01. The van der Waals surface area contributed by atoms with Gasteiger partial charge in [-0.2, -0.15) is 0 Å². The van der Waals surface area contributed by atoms with Crippen molar-refractivity contribution in [1.82, 2.24) is 5.32 Å². The van der Waals surface area contributed by atoms with E-state index < -0.39 is 24.0 Å². The number of carbonyl (C=O) groups excluding carboxylic acids is 1. The molecule has 1 heterocycles. The Morgan fingerprint density at radius 1 is 1.19 bits per heavy atom. The van der Waals surface area contributed by atoms with Gasteiger partial charge in [-0.25, -0.2) is 4.79 Å². The molecule has 5 nitrogen and oxygen atoms in total. The molecular formula is C15H16N2O3S. The molecular weight excluding hydrogens is 288 g/mol. The molecule has 1 aromatic heterocycles. The number of amides is 1. The van der Waals surface area contributed by atoms with Crippen LogP contribution in [0.4, 0.5) is 0 Å². The number of aliphatic carboxylic acids is 1. The quantitative estimate of drug-likeness (QED) is 0.755. The van der Waals surface area contributed by atoms with Gasteiger partial charge < -0.3 is 16.2 Å². The topological polar surface area (TPSA) is 92.4 Å². The molecule has 110 valence electrons. The molecule has 1 aromatic carbocycles. The second-order valence-electron chi connectivity index (χ2n) is 4.59. The normalized spacial score (nSPS) is 13.4. The molecule has 0 radical (unpaired) electrons. The van der Waals surface area contributed by atoms with E-state index in [0.717, 1.165) is 5.56 Å². The third-order valence-corrected chi connectivity index (χ3v) is 3.93. The summed E-state index contributed by atoms with van der Waals surface area (Å²) >= 11 is 1.28. The monoisotopic (exact) mass is 304 g/mol. The van der Waals surface area contributed by atoms with E-state index in [9.17, 15) is 14.7 Å². The smallest absolute Gasteiger partial charge is 0.331 e. The van der Waals surface area contributed by atoms with Gasteiger partial charge in [-0.15, -0.1) is 11.3 Å². The Morgan fingerprint density at radius 3 is 2.48 bits per heavy atom. The average Bonchev–Trinajstić information content (AvgIpc) is 2.99. The lowest BCUT2D eigenvalue weighted by atomic mass is 10.1. The molecule has 0 aliphatic carbocycles. The highest BCUT2D eigenvalue weighted by atomic mass is 32.1. The van der Waals surface area contributed by atoms with E-state index >= 15 is 0 Å². The van der Waals surface area contributed by atoms with Crippen LogP contribution in [-0.4, -0.2) is 23.0 Å². The summed E-state index contributed by atoms with van der Waals surface area (Å²) in [5.74, 6) is -1.57. The van der Waals surface area contributed by atoms with Crippen LogP contribution < -0.4 is 11.1 Å². The molecule has 4 N–H and O–H groups in total. The Balaban J connectivity index is 2.00. The van der Waals surface area contributed by atoms with Gasteiger partial charge in [0.2, 0.25) is 5.91 Å². The second-order valence-corrected chi connectivity index (χ2v) is 5.57. The first kappa shape index (κ1) is 15.2. The van der Waals surface area contributed by atoms with Crippen LogP contribution in [0.5, 0.6) is 0 Å². The van der Waals surface area contributed by atoms with Gasteiger partial charge in [0.15, 0.2) is 6.04 Å². The number of hydrogen-bond donors (Lipinski definition) is 3. The number of nitrogens with one attached hydrogen (secondary N) is 1. The molecule has 2 atom stereocenters. The van der Waals surface area contributed by atoms with E-state index in [1.54, 1.807) is 17.5 Å². The largest absolute Gasteiger partial charge is 0.479 e. The predicted octanol–water partition coefficient (Wildman–Crippen LogP) is 1.56. The Kier molecular flexibility index (Phi) is 5.08. The molecule has 1 amide bonds. The Morgan fingerprint density at radius 2 is 1.90 bits per heavy atom. The Labute approximate surface area is 126 Å². The SMILES string of the molecule is N[C@@H](Cc1ccccc1)C(=O)NC(C(=O)O)c1cccs1. The maximum atomic E-state index is 12.1. The minimum absolute atomic E-state index is 0.365. The van der Waals surface area contributed by atoms with E-state index in [4.69, 9.17) is 5.73 Å². The molecule has 6 heteroatoms. The van der Waals surface area contributed by atoms with Crippen molar-refractivity contribution in [2.45, 2.75) is 18.5 Å². The van der Waals surface area contributed by atoms with Crippen LogP contribution in [0.2, 0.25) is 0 Å². The van der Waals surface area contributed by atoms with E-state index in [2.05, 4.69) is 5.32 Å². The van der Waals surface area contributed by atoms with Crippen molar-refractivity contribution < 1.29 is 14.7 Å². The highest BCUT2D eigenvalue weighted by Gasteiger charge is 2.25. The number of benzene rings is 1. The van der Waals surface area contributed by atoms with Gasteiger partial charge in [0.05, 0.1) is 6.04 Å². The molecule has 2 aromatic rings. The van der Waals surface area contributed by atoms with Gasteiger partial charge in [0.1, 0.15) is 0 Å². The summed E-state index contributed by atoms with van der Waals surface area (Å²) in [6.07, 6.45) is 0.365. The van der Waals surface area contributed by atoms with E-state index in [1.165, 1.54) is 11.3 Å². The van der Waals surface area contributed by atoms with Crippen LogP contribution in [0.1, 0.15) is 16.5 Å².